The molecule has 0 amide bonds. The van der Waals surface area contributed by atoms with Gasteiger partial charge in [0, 0.05) is 47.3 Å². The fourth-order valence-corrected chi connectivity index (χ4v) is 5.35. The Morgan fingerprint density at radius 2 is 2.16 bits per heavy atom. The summed E-state index contributed by atoms with van der Waals surface area (Å²) >= 11 is 5.13. The van der Waals surface area contributed by atoms with Crippen molar-refractivity contribution < 1.29 is 9.13 Å². The van der Waals surface area contributed by atoms with Crippen LogP contribution >= 0.6 is 27.3 Å². The summed E-state index contributed by atoms with van der Waals surface area (Å²) in [4.78, 5) is 12.0. The second-order valence-corrected chi connectivity index (χ2v) is 10.2. The van der Waals surface area contributed by atoms with Crippen molar-refractivity contribution in [1.82, 2.24) is 15.2 Å². The minimum atomic E-state index is -0.775. The summed E-state index contributed by atoms with van der Waals surface area (Å²) in [6, 6.07) is 4.78. The molecule has 2 aliphatic heterocycles. The van der Waals surface area contributed by atoms with E-state index in [1.807, 2.05) is 5.38 Å². The smallest absolute Gasteiger partial charge is 0.163 e. The highest BCUT2D eigenvalue weighted by Crippen LogP contribution is 2.42. The van der Waals surface area contributed by atoms with Gasteiger partial charge in [-0.15, -0.1) is 11.3 Å². The van der Waals surface area contributed by atoms with E-state index in [0.717, 1.165) is 73.4 Å². The number of thiazole rings is 1. The number of hydrogen-bond donors (Lipinski definition) is 1. The quantitative estimate of drug-likeness (QED) is 0.617. The first-order valence-corrected chi connectivity index (χ1v) is 12.5. The van der Waals surface area contributed by atoms with Crippen LogP contribution in [0.1, 0.15) is 30.3 Å². The molecule has 1 aromatic carbocycles. The molecule has 1 saturated heterocycles. The zero-order valence-corrected chi connectivity index (χ0v) is 20.2. The normalized spacial score (nSPS) is 23.9. The molecule has 1 unspecified atom stereocenters. The van der Waals surface area contributed by atoms with Crippen LogP contribution in [0.4, 0.5) is 4.39 Å². The molecule has 0 radical (unpaired) electrons. The maximum atomic E-state index is 13.9. The Labute approximate surface area is 199 Å². The van der Waals surface area contributed by atoms with Gasteiger partial charge in [0.2, 0.25) is 0 Å². The second-order valence-electron chi connectivity index (χ2n) is 8.40. The van der Waals surface area contributed by atoms with Gasteiger partial charge in [-0.25, -0.2) is 14.4 Å². The van der Waals surface area contributed by atoms with Crippen molar-refractivity contribution in [3.05, 3.63) is 61.9 Å². The van der Waals surface area contributed by atoms with Crippen molar-refractivity contribution in [1.29, 1.82) is 0 Å². The lowest BCUT2D eigenvalue weighted by Crippen LogP contribution is -2.45. The van der Waals surface area contributed by atoms with Crippen molar-refractivity contribution in [2.45, 2.75) is 25.3 Å². The molecule has 0 spiro atoms. The highest BCUT2D eigenvalue weighted by atomic mass is 79.9. The van der Waals surface area contributed by atoms with Gasteiger partial charge in [0.25, 0.3) is 0 Å². The summed E-state index contributed by atoms with van der Waals surface area (Å²) in [6.45, 7) is 5.98. The molecule has 3 heterocycles. The highest BCUT2D eigenvalue weighted by Gasteiger charge is 2.39. The van der Waals surface area contributed by atoms with Crippen LogP contribution in [0.3, 0.4) is 0 Å². The first-order valence-electron chi connectivity index (χ1n) is 10.8. The van der Waals surface area contributed by atoms with Crippen LogP contribution in [0.25, 0.3) is 0 Å². The van der Waals surface area contributed by atoms with Crippen molar-refractivity contribution in [3.63, 3.8) is 0 Å². The lowest BCUT2D eigenvalue weighted by molar-refractivity contribution is 0.0416. The number of amidine groups is 1. The van der Waals surface area contributed by atoms with Gasteiger partial charge in [0.15, 0.2) is 10.8 Å². The van der Waals surface area contributed by atoms with E-state index in [1.54, 1.807) is 23.6 Å². The number of aliphatic imine (C=N–C) groups is 1. The Balaban J connectivity index is 1.65. The molecular weight excluding hydrogens is 491 g/mol. The van der Waals surface area contributed by atoms with E-state index in [9.17, 15) is 4.39 Å². The summed E-state index contributed by atoms with van der Waals surface area (Å²) in [7, 11) is 0. The molecule has 166 valence electrons. The van der Waals surface area contributed by atoms with Gasteiger partial charge in [-0.3, -0.25) is 4.90 Å². The van der Waals surface area contributed by atoms with Gasteiger partial charge in [-0.05, 0) is 37.5 Å². The molecule has 2 fully saturated rings. The van der Waals surface area contributed by atoms with E-state index < -0.39 is 5.54 Å². The minimum Gasteiger partial charge on any atom is -0.379 e. The third-order valence-corrected chi connectivity index (χ3v) is 7.38. The molecule has 1 aromatic heterocycles. The zero-order valence-electron chi connectivity index (χ0n) is 17.8. The predicted octanol–water partition coefficient (Wildman–Crippen LogP) is 4.31. The molecule has 1 aliphatic carbocycles. The van der Waals surface area contributed by atoms with E-state index in [1.165, 1.54) is 12.1 Å². The number of ether oxygens (including phenoxy) is 1. The van der Waals surface area contributed by atoms with E-state index >= 15 is 0 Å². The van der Waals surface area contributed by atoms with Crippen LogP contribution in [0.15, 0.2) is 50.5 Å². The second kappa shape index (κ2) is 9.06. The number of aromatic nitrogens is 1. The molecule has 32 heavy (non-hydrogen) atoms. The third-order valence-electron chi connectivity index (χ3n) is 5.95. The maximum absolute atomic E-state index is 13.9. The number of hydrogen-bond acceptors (Lipinski definition) is 6. The van der Waals surface area contributed by atoms with Gasteiger partial charge in [-0.1, -0.05) is 33.8 Å². The van der Waals surface area contributed by atoms with Crippen LogP contribution in [-0.2, 0) is 10.3 Å². The van der Waals surface area contributed by atoms with Crippen LogP contribution in [0, 0.1) is 23.6 Å². The lowest BCUT2D eigenvalue weighted by Gasteiger charge is -2.36. The molecule has 1 N–H and O–H groups in total. The SMILES string of the molecule is CC1(c2ccc(F)cc2Br)N=C(c2nccs2)NC(CN2CCOCC2)=C1C#CC1CC1. The summed E-state index contributed by atoms with van der Waals surface area (Å²) in [5.41, 5.74) is 2.07. The standard InChI is InChI=1S/C24H24BrFN4OS/c1-24(18-7-5-17(26)14-20(18)25)19(6-4-16-2-3-16)21(15-30-9-11-31-12-10-30)28-22(29-24)23-27-8-13-32-23/h5,7-8,13-14,16H,2-3,9-12,15H2,1H3,(H,28,29). The molecule has 1 saturated carbocycles. The molecule has 0 bridgehead atoms. The van der Waals surface area contributed by atoms with Crippen molar-refractivity contribution in [2.24, 2.45) is 10.9 Å². The van der Waals surface area contributed by atoms with Gasteiger partial charge in [-0.2, -0.15) is 0 Å². The summed E-state index contributed by atoms with van der Waals surface area (Å²) in [5, 5.41) is 6.32. The molecular formula is C24H24BrFN4OS. The first kappa shape index (κ1) is 21.8. The first-order chi connectivity index (χ1) is 15.5. The predicted molar refractivity (Wildman–Crippen MR) is 128 cm³/mol. The van der Waals surface area contributed by atoms with E-state index in [-0.39, 0.29) is 5.82 Å². The van der Waals surface area contributed by atoms with E-state index in [0.29, 0.717) is 10.4 Å². The largest absolute Gasteiger partial charge is 0.379 e. The summed E-state index contributed by atoms with van der Waals surface area (Å²) < 4.78 is 20.2. The van der Waals surface area contributed by atoms with Gasteiger partial charge >= 0.3 is 0 Å². The number of morpholine rings is 1. The molecule has 3 aliphatic rings. The Kier molecular flexibility index (Phi) is 6.17. The number of halogens is 2. The van der Waals surface area contributed by atoms with Gasteiger partial charge in [0.05, 0.1) is 18.8 Å². The van der Waals surface area contributed by atoms with Crippen molar-refractivity contribution in [2.75, 3.05) is 32.8 Å². The minimum absolute atomic E-state index is 0.287. The molecule has 5 nitrogen and oxygen atoms in total. The number of nitrogens with zero attached hydrogens (tertiary/aromatic N) is 3. The fourth-order valence-electron chi connectivity index (χ4n) is 4.03. The maximum Gasteiger partial charge on any atom is 0.163 e. The Hall–Kier alpha value is -2.05. The van der Waals surface area contributed by atoms with Crippen LogP contribution in [0.2, 0.25) is 0 Å². The van der Waals surface area contributed by atoms with Crippen molar-refractivity contribution >= 4 is 33.1 Å². The molecule has 5 rings (SSSR count). The summed E-state index contributed by atoms with van der Waals surface area (Å²) in [5.74, 6) is 7.82. The average Bonchev–Trinajstić information content (AvgIpc) is 3.43. The average molecular weight is 515 g/mol. The topological polar surface area (TPSA) is 49.8 Å². The van der Waals surface area contributed by atoms with Crippen molar-refractivity contribution in [3.8, 4) is 11.8 Å². The number of rotatable bonds is 4. The molecule has 2 aromatic rings. The zero-order chi connectivity index (χ0) is 22.1. The van der Waals surface area contributed by atoms with E-state index in [2.05, 4.69) is 49.9 Å². The Morgan fingerprint density at radius 1 is 1.34 bits per heavy atom. The van der Waals surface area contributed by atoms with Gasteiger partial charge < -0.3 is 10.1 Å². The highest BCUT2D eigenvalue weighted by molar-refractivity contribution is 9.10. The fraction of sp³-hybridized carbons (Fsp3) is 0.417. The molecule has 1 atom stereocenters. The number of benzene rings is 1. The molecule has 8 heteroatoms. The Morgan fingerprint density at radius 3 is 2.84 bits per heavy atom. The number of nitrogens with one attached hydrogen (secondary N) is 1. The monoisotopic (exact) mass is 514 g/mol. The van der Waals surface area contributed by atoms with Crippen LogP contribution in [0.5, 0.6) is 0 Å². The van der Waals surface area contributed by atoms with Crippen LogP contribution < -0.4 is 5.32 Å². The van der Waals surface area contributed by atoms with Crippen LogP contribution in [-0.4, -0.2) is 48.6 Å². The van der Waals surface area contributed by atoms with Gasteiger partial charge in [0.1, 0.15) is 11.4 Å². The summed E-state index contributed by atoms with van der Waals surface area (Å²) in [6.07, 6.45) is 4.08. The van der Waals surface area contributed by atoms with E-state index in [4.69, 9.17) is 9.73 Å². The lowest BCUT2D eigenvalue weighted by atomic mass is 9.82. The third kappa shape index (κ3) is 4.53. The Bertz CT molecular complexity index is 1130.